The van der Waals surface area contributed by atoms with Gasteiger partial charge in [-0.2, -0.15) is 4.31 Å². The number of carbonyl (C=O) groups is 1. The van der Waals surface area contributed by atoms with Gasteiger partial charge in [-0.05, 0) is 61.1 Å². The molecule has 1 aliphatic rings. The maximum absolute atomic E-state index is 13.3. The van der Waals surface area contributed by atoms with Crippen molar-refractivity contribution in [3.63, 3.8) is 0 Å². The Morgan fingerprint density at radius 2 is 1.87 bits per heavy atom. The number of anilines is 1. The molecule has 0 spiro atoms. The first-order chi connectivity index (χ1) is 14.2. The monoisotopic (exact) mass is 430 g/mol. The van der Waals surface area contributed by atoms with Crippen LogP contribution in [0.4, 0.5) is 5.69 Å². The van der Waals surface area contributed by atoms with Crippen LogP contribution in [0.2, 0.25) is 0 Å². The molecule has 6 nitrogen and oxygen atoms in total. The highest BCUT2D eigenvalue weighted by Crippen LogP contribution is 2.31. The average Bonchev–Trinajstić information content (AvgIpc) is 2.74. The standard InChI is InChI=1S/C23H30N2O4S/c1-16(2)18-8-10-20(11-9-18)24-23(26)19-6-5-13-25(15-19)30(27,28)22-14-17(3)7-12-21(22)29-4/h7-12,14,16,19H,5-6,13,15H2,1-4H3,(H,24,26)/t19-/m0/s1. The van der Waals surface area contributed by atoms with Crippen LogP contribution in [0.25, 0.3) is 0 Å². The fourth-order valence-corrected chi connectivity index (χ4v) is 5.46. The molecule has 0 saturated carbocycles. The van der Waals surface area contributed by atoms with Gasteiger partial charge in [0.25, 0.3) is 0 Å². The van der Waals surface area contributed by atoms with E-state index in [1.165, 1.54) is 17.0 Å². The lowest BCUT2D eigenvalue weighted by molar-refractivity contribution is -0.120. The largest absolute Gasteiger partial charge is 0.495 e. The summed E-state index contributed by atoms with van der Waals surface area (Å²) in [7, 11) is -2.29. The minimum Gasteiger partial charge on any atom is -0.495 e. The van der Waals surface area contributed by atoms with Gasteiger partial charge in [0.05, 0.1) is 13.0 Å². The first-order valence-corrected chi connectivity index (χ1v) is 11.7. The van der Waals surface area contributed by atoms with Crippen LogP contribution in [-0.4, -0.2) is 38.8 Å². The normalized spacial score (nSPS) is 17.7. The summed E-state index contributed by atoms with van der Waals surface area (Å²) in [6.45, 7) is 6.64. The Hall–Kier alpha value is -2.38. The summed E-state index contributed by atoms with van der Waals surface area (Å²) >= 11 is 0. The quantitative estimate of drug-likeness (QED) is 0.746. The fourth-order valence-electron chi connectivity index (χ4n) is 3.70. The number of hydrogen-bond acceptors (Lipinski definition) is 4. The number of aryl methyl sites for hydroxylation is 1. The molecule has 162 valence electrons. The van der Waals surface area contributed by atoms with E-state index in [-0.39, 0.29) is 17.3 Å². The smallest absolute Gasteiger partial charge is 0.246 e. The lowest BCUT2D eigenvalue weighted by Gasteiger charge is -2.31. The number of benzene rings is 2. The number of carbonyl (C=O) groups excluding carboxylic acids is 1. The average molecular weight is 431 g/mol. The van der Waals surface area contributed by atoms with E-state index in [1.807, 2.05) is 37.3 Å². The van der Waals surface area contributed by atoms with Crippen LogP contribution in [0.15, 0.2) is 47.4 Å². The number of nitrogens with one attached hydrogen (secondary N) is 1. The Morgan fingerprint density at radius 3 is 2.50 bits per heavy atom. The van der Waals surface area contributed by atoms with Crippen LogP contribution in [-0.2, 0) is 14.8 Å². The van der Waals surface area contributed by atoms with Crippen molar-refractivity contribution in [2.75, 3.05) is 25.5 Å². The lowest BCUT2D eigenvalue weighted by Crippen LogP contribution is -2.43. The van der Waals surface area contributed by atoms with Gasteiger partial charge in [0.1, 0.15) is 10.6 Å². The highest BCUT2D eigenvalue weighted by atomic mass is 32.2. The van der Waals surface area contributed by atoms with E-state index in [1.54, 1.807) is 12.1 Å². The third-order valence-corrected chi connectivity index (χ3v) is 7.42. The predicted molar refractivity (Wildman–Crippen MR) is 118 cm³/mol. The number of amides is 1. The molecule has 1 saturated heterocycles. The highest BCUT2D eigenvalue weighted by molar-refractivity contribution is 7.89. The molecule has 1 amide bonds. The van der Waals surface area contributed by atoms with E-state index in [0.29, 0.717) is 31.1 Å². The molecule has 0 radical (unpaired) electrons. The molecule has 30 heavy (non-hydrogen) atoms. The van der Waals surface area contributed by atoms with Gasteiger partial charge in [-0.1, -0.05) is 32.0 Å². The molecule has 0 unspecified atom stereocenters. The first-order valence-electron chi connectivity index (χ1n) is 10.3. The van der Waals surface area contributed by atoms with Crippen LogP contribution in [0.1, 0.15) is 43.7 Å². The summed E-state index contributed by atoms with van der Waals surface area (Å²) in [5.41, 5.74) is 2.77. The van der Waals surface area contributed by atoms with Gasteiger partial charge in [-0.25, -0.2) is 8.42 Å². The number of piperidine rings is 1. The van der Waals surface area contributed by atoms with Crippen LogP contribution < -0.4 is 10.1 Å². The third kappa shape index (κ3) is 4.84. The molecule has 1 atom stereocenters. The molecule has 0 aromatic heterocycles. The summed E-state index contributed by atoms with van der Waals surface area (Å²) in [5.74, 6) is 0.195. The Bertz CT molecular complexity index is 1000. The first kappa shape index (κ1) is 22.3. The van der Waals surface area contributed by atoms with Crippen molar-refractivity contribution >= 4 is 21.6 Å². The van der Waals surface area contributed by atoms with Crippen molar-refractivity contribution in [1.82, 2.24) is 4.31 Å². The SMILES string of the molecule is COc1ccc(C)cc1S(=O)(=O)N1CCC[C@H](C(=O)Nc2ccc(C(C)C)cc2)C1. The van der Waals surface area contributed by atoms with Gasteiger partial charge in [0.2, 0.25) is 15.9 Å². The molecular formula is C23H30N2O4S. The number of hydrogen-bond donors (Lipinski definition) is 1. The van der Waals surface area contributed by atoms with Gasteiger partial charge in [-0.15, -0.1) is 0 Å². The van der Waals surface area contributed by atoms with Gasteiger partial charge >= 0.3 is 0 Å². The molecule has 1 heterocycles. The molecule has 7 heteroatoms. The molecular weight excluding hydrogens is 400 g/mol. The summed E-state index contributed by atoms with van der Waals surface area (Å²) < 4.78 is 33.2. The molecule has 2 aromatic carbocycles. The van der Waals surface area contributed by atoms with Gasteiger partial charge in [0, 0.05) is 18.8 Å². The maximum atomic E-state index is 13.3. The number of sulfonamides is 1. The molecule has 3 rings (SSSR count). The van der Waals surface area contributed by atoms with Gasteiger partial charge in [0.15, 0.2) is 0 Å². The summed E-state index contributed by atoms with van der Waals surface area (Å²) in [6.07, 6.45) is 1.30. The van der Waals surface area contributed by atoms with E-state index in [0.717, 1.165) is 11.3 Å². The van der Waals surface area contributed by atoms with Crippen LogP contribution >= 0.6 is 0 Å². The molecule has 1 fully saturated rings. The number of methoxy groups -OCH3 is 1. The van der Waals surface area contributed by atoms with Crippen molar-refractivity contribution in [2.45, 2.75) is 44.4 Å². The fraction of sp³-hybridized carbons (Fsp3) is 0.435. The highest BCUT2D eigenvalue weighted by Gasteiger charge is 2.35. The summed E-state index contributed by atoms with van der Waals surface area (Å²) in [4.78, 5) is 13.0. The second-order valence-electron chi connectivity index (χ2n) is 8.12. The number of rotatable bonds is 6. The minimum absolute atomic E-state index is 0.148. The molecule has 1 N–H and O–H groups in total. The third-order valence-electron chi connectivity index (χ3n) is 5.54. The van der Waals surface area contributed by atoms with Crippen LogP contribution in [0.5, 0.6) is 5.75 Å². The van der Waals surface area contributed by atoms with E-state index in [4.69, 9.17) is 4.74 Å². The second kappa shape index (κ2) is 9.18. The maximum Gasteiger partial charge on any atom is 0.246 e. The van der Waals surface area contributed by atoms with Crippen LogP contribution in [0, 0.1) is 12.8 Å². The number of nitrogens with zero attached hydrogens (tertiary/aromatic N) is 1. The number of ether oxygens (including phenoxy) is 1. The van der Waals surface area contributed by atoms with E-state index in [9.17, 15) is 13.2 Å². The van der Waals surface area contributed by atoms with Gasteiger partial charge in [-0.3, -0.25) is 4.79 Å². The van der Waals surface area contributed by atoms with E-state index in [2.05, 4.69) is 19.2 Å². The Balaban J connectivity index is 1.74. The lowest BCUT2D eigenvalue weighted by atomic mass is 9.98. The predicted octanol–water partition coefficient (Wildman–Crippen LogP) is 4.17. The zero-order valence-corrected chi connectivity index (χ0v) is 18.8. The zero-order valence-electron chi connectivity index (χ0n) is 18.0. The van der Waals surface area contributed by atoms with E-state index >= 15 is 0 Å². The van der Waals surface area contributed by atoms with Crippen molar-refractivity contribution in [3.8, 4) is 5.75 Å². The summed E-state index contributed by atoms with van der Waals surface area (Å²) in [5, 5.41) is 2.94. The van der Waals surface area contributed by atoms with Crippen molar-refractivity contribution in [1.29, 1.82) is 0 Å². The molecule has 0 aliphatic carbocycles. The molecule has 2 aromatic rings. The second-order valence-corrected chi connectivity index (χ2v) is 10.0. The Kier molecular flexibility index (Phi) is 6.83. The minimum atomic E-state index is -3.75. The van der Waals surface area contributed by atoms with Crippen molar-refractivity contribution in [2.24, 2.45) is 5.92 Å². The Morgan fingerprint density at radius 1 is 1.17 bits per heavy atom. The topological polar surface area (TPSA) is 75.7 Å². The van der Waals surface area contributed by atoms with E-state index < -0.39 is 15.9 Å². The Labute approximate surface area is 179 Å². The van der Waals surface area contributed by atoms with Crippen LogP contribution in [0.3, 0.4) is 0 Å². The van der Waals surface area contributed by atoms with Crippen molar-refractivity contribution in [3.05, 3.63) is 53.6 Å². The zero-order chi connectivity index (χ0) is 21.9. The van der Waals surface area contributed by atoms with Crippen molar-refractivity contribution < 1.29 is 17.9 Å². The molecule has 0 bridgehead atoms. The van der Waals surface area contributed by atoms with Gasteiger partial charge < -0.3 is 10.1 Å². The summed E-state index contributed by atoms with van der Waals surface area (Å²) in [6, 6.07) is 12.9. The molecule has 1 aliphatic heterocycles.